The smallest absolute Gasteiger partial charge is 0.143 e. The van der Waals surface area contributed by atoms with E-state index in [4.69, 9.17) is 34.3 Å². The number of thiocarbonyl (C=S) groups is 1. The number of ether oxygens (including phenoxy) is 1. The van der Waals surface area contributed by atoms with Crippen LogP contribution in [-0.4, -0.2) is 12.1 Å². The van der Waals surface area contributed by atoms with Gasteiger partial charge in [0.2, 0.25) is 0 Å². The Balaban J connectivity index is 2.36. The molecular weight excluding hydrogens is 304 g/mol. The number of benzene rings is 2. The molecule has 0 unspecified atom stereocenters. The Morgan fingerprint density at radius 2 is 1.90 bits per heavy atom. The summed E-state index contributed by atoms with van der Waals surface area (Å²) < 4.78 is 5.36. The van der Waals surface area contributed by atoms with Gasteiger partial charge >= 0.3 is 0 Å². The van der Waals surface area contributed by atoms with Crippen molar-refractivity contribution in [3.8, 4) is 5.75 Å². The third-order valence-electron chi connectivity index (χ3n) is 3.25. The van der Waals surface area contributed by atoms with Crippen molar-refractivity contribution in [3.05, 3.63) is 52.0 Å². The van der Waals surface area contributed by atoms with Crippen LogP contribution >= 0.6 is 23.8 Å². The standard InChI is InChI=1S/C16H17ClN2OS/c1-9-6-11(4-5-12(9)16(18)21)19-14-7-10(2)13(17)8-15(14)20-3/h4-8,19H,1-3H3,(H2,18,21). The summed E-state index contributed by atoms with van der Waals surface area (Å²) in [6, 6.07) is 9.60. The molecule has 0 saturated carbocycles. The summed E-state index contributed by atoms with van der Waals surface area (Å²) in [4.78, 5) is 0.402. The Hall–Kier alpha value is -1.78. The van der Waals surface area contributed by atoms with Crippen LogP contribution in [0.1, 0.15) is 16.7 Å². The highest BCUT2D eigenvalue weighted by Crippen LogP contribution is 2.33. The fourth-order valence-electron chi connectivity index (χ4n) is 2.10. The molecule has 2 aromatic carbocycles. The molecule has 3 N–H and O–H groups in total. The van der Waals surface area contributed by atoms with Crippen molar-refractivity contribution in [2.75, 3.05) is 12.4 Å². The van der Waals surface area contributed by atoms with E-state index in [1.54, 1.807) is 13.2 Å². The normalized spacial score (nSPS) is 10.3. The zero-order chi connectivity index (χ0) is 15.6. The number of methoxy groups -OCH3 is 1. The lowest BCUT2D eigenvalue weighted by molar-refractivity contribution is 0.417. The fraction of sp³-hybridized carbons (Fsp3) is 0.188. The molecule has 0 radical (unpaired) electrons. The predicted octanol–water partition coefficient (Wildman–Crippen LogP) is 4.34. The second-order valence-electron chi connectivity index (χ2n) is 4.82. The van der Waals surface area contributed by atoms with Gasteiger partial charge in [-0.05, 0) is 49.2 Å². The molecule has 0 spiro atoms. The van der Waals surface area contributed by atoms with Crippen LogP contribution in [0.2, 0.25) is 5.02 Å². The van der Waals surface area contributed by atoms with Crippen LogP contribution in [0.25, 0.3) is 0 Å². The Morgan fingerprint density at radius 1 is 1.19 bits per heavy atom. The summed E-state index contributed by atoms with van der Waals surface area (Å²) in [5.74, 6) is 0.696. The van der Waals surface area contributed by atoms with E-state index in [1.807, 2.05) is 38.1 Å². The summed E-state index contributed by atoms with van der Waals surface area (Å²) in [6.07, 6.45) is 0. The van der Waals surface area contributed by atoms with E-state index in [0.717, 1.165) is 28.1 Å². The number of nitrogens with one attached hydrogen (secondary N) is 1. The van der Waals surface area contributed by atoms with E-state index in [-0.39, 0.29) is 0 Å². The van der Waals surface area contributed by atoms with Crippen molar-refractivity contribution in [1.82, 2.24) is 0 Å². The number of halogens is 1. The SMILES string of the molecule is COc1cc(Cl)c(C)cc1Nc1ccc(C(N)=S)c(C)c1. The maximum absolute atomic E-state index is 6.11. The minimum absolute atomic E-state index is 0.402. The van der Waals surface area contributed by atoms with Gasteiger partial charge in [-0.2, -0.15) is 0 Å². The van der Waals surface area contributed by atoms with E-state index in [2.05, 4.69) is 5.32 Å². The largest absolute Gasteiger partial charge is 0.495 e. The molecule has 0 saturated heterocycles. The van der Waals surface area contributed by atoms with Gasteiger partial charge in [0.15, 0.2) is 0 Å². The van der Waals surface area contributed by atoms with Gasteiger partial charge in [-0.1, -0.05) is 23.8 Å². The maximum Gasteiger partial charge on any atom is 0.143 e. The molecule has 5 heteroatoms. The third-order valence-corrected chi connectivity index (χ3v) is 3.88. The van der Waals surface area contributed by atoms with Crippen LogP contribution in [0.15, 0.2) is 30.3 Å². The van der Waals surface area contributed by atoms with Crippen LogP contribution in [0.4, 0.5) is 11.4 Å². The minimum Gasteiger partial charge on any atom is -0.495 e. The zero-order valence-corrected chi connectivity index (χ0v) is 13.7. The first kappa shape index (κ1) is 15.6. The third kappa shape index (κ3) is 3.46. The fourth-order valence-corrected chi connectivity index (χ4v) is 2.49. The molecule has 21 heavy (non-hydrogen) atoms. The van der Waals surface area contributed by atoms with Crippen molar-refractivity contribution >= 4 is 40.2 Å². The van der Waals surface area contributed by atoms with Gasteiger partial charge in [0.05, 0.1) is 12.8 Å². The quantitative estimate of drug-likeness (QED) is 0.822. The molecule has 3 nitrogen and oxygen atoms in total. The number of nitrogens with two attached hydrogens (primary N) is 1. The van der Waals surface area contributed by atoms with Gasteiger partial charge in [-0.3, -0.25) is 0 Å². The summed E-state index contributed by atoms with van der Waals surface area (Å²) in [5, 5.41) is 4.01. The molecule has 2 rings (SSSR count). The first-order valence-corrected chi connectivity index (χ1v) is 7.22. The predicted molar refractivity (Wildman–Crippen MR) is 93.1 cm³/mol. The first-order chi connectivity index (χ1) is 9.92. The lowest BCUT2D eigenvalue weighted by Gasteiger charge is -2.14. The highest BCUT2D eigenvalue weighted by molar-refractivity contribution is 7.80. The monoisotopic (exact) mass is 320 g/mol. The van der Waals surface area contributed by atoms with E-state index < -0.39 is 0 Å². The van der Waals surface area contributed by atoms with E-state index in [1.165, 1.54) is 0 Å². The highest BCUT2D eigenvalue weighted by Gasteiger charge is 2.08. The number of rotatable bonds is 4. The molecule has 0 aromatic heterocycles. The number of anilines is 2. The van der Waals surface area contributed by atoms with Crippen molar-refractivity contribution in [2.45, 2.75) is 13.8 Å². The maximum atomic E-state index is 6.11. The first-order valence-electron chi connectivity index (χ1n) is 6.44. The Labute approximate surface area is 135 Å². The van der Waals surface area contributed by atoms with E-state index in [0.29, 0.717) is 15.8 Å². The Morgan fingerprint density at radius 3 is 2.48 bits per heavy atom. The summed E-state index contributed by atoms with van der Waals surface area (Å²) in [5.41, 5.74) is 10.4. The molecule has 0 aliphatic carbocycles. The van der Waals surface area contributed by atoms with Crippen molar-refractivity contribution in [1.29, 1.82) is 0 Å². The van der Waals surface area contributed by atoms with Crippen LogP contribution in [-0.2, 0) is 0 Å². The molecule has 0 heterocycles. The van der Waals surface area contributed by atoms with Gasteiger partial charge in [-0.15, -0.1) is 0 Å². The van der Waals surface area contributed by atoms with Crippen LogP contribution in [0.5, 0.6) is 5.75 Å². The van der Waals surface area contributed by atoms with Gasteiger partial charge < -0.3 is 15.8 Å². The lowest BCUT2D eigenvalue weighted by atomic mass is 10.1. The minimum atomic E-state index is 0.402. The molecule has 0 aliphatic rings. The summed E-state index contributed by atoms with van der Waals surface area (Å²) in [6.45, 7) is 3.93. The van der Waals surface area contributed by atoms with E-state index >= 15 is 0 Å². The summed E-state index contributed by atoms with van der Waals surface area (Å²) in [7, 11) is 1.62. The second-order valence-corrected chi connectivity index (χ2v) is 5.67. The van der Waals surface area contributed by atoms with Crippen molar-refractivity contribution in [3.63, 3.8) is 0 Å². The topological polar surface area (TPSA) is 47.3 Å². The van der Waals surface area contributed by atoms with Crippen molar-refractivity contribution < 1.29 is 4.74 Å². The number of hydrogen-bond acceptors (Lipinski definition) is 3. The van der Waals surface area contributed by atoms with Gasteiger partial charge in [0.25, 0.3) is 0 Å². The molecule has 0 atom stereocenters. The zero-order valence-electron chi connectivity index (χ0n) is 12.2. The molecule has 0 amide bonds. The average molecular weight is 321 g/mol. The van der Waals surface area contributed by atoms with Gasteiger partial charge in [0.1, 0.15) is 10.7 Å². The Bertz CT molecular complexity index is 701. The van der Waals surface area contributed by atoms with Crippen LogP contribution in [0, 0.1) is 13.8 Å². The molecular formula is C16H17ClN2OS. The Kier molecular flexibility index (Phi) is 4.70. The molecule has 0 fully saturated rings. The number of hydrogen-bond donors (Lipinski definition) is 2. The molecule has 0 bridgehead atoms. The van der Waals surface area contributed by atoms with Gasteiger partial charge in [0, 0.05) is 22.3 Å². The summed E-state index contributed by atoms with van der Waals surface area (Å²) >= 11 is 11.1. The van der Waals surface area contributed by atoms with Crippen LogP contribution < -0.4 is 15.8 Å². The molecule has 0 aliphatic heterocycles. The average Bonchev–Trinajstić information content (AvgIpc) is 2.42. The van der Waals surface area contributed by atoms with Crippen molar-refractivity contribution in [2.24, 2.45) is 5.73 Å². The molecule has 2 aromatic rings. The lowest BCUT2D eigenvalue weighted by Crippen LogP contribution is -2.11. The highest BCUT2D eigenvalue weighted by atomic mass is 35.5. The number of aryl methyl sites for hydroxylation is 2. The molecule has 110 valence electrons. The van der Waals surface area contributed by atoms with Crippen LogP contribution in [0.3, 0.4) is 0 Å². The second kappa shape index (κ2) is 6.33. The van der Waals surface area contributed by atoms with Gasteiger partial charge in [-0.25, -0.2) is 0 Å². The van der Waals surface area contributed by atoms with E-state index in [9.17, 15) is 0 Å².